The van der Waals surface area contributed by atoms with E-state index in [0.717, 1.165) is 12.8 Å². The van der Waals surface area contributed by atoms with Crippen molar-refractivity contribution in [2.45, 2.75) is 71.1 Å². The number of carboxylic acid groups (broad SMARTS) is 1. The molecule has 0 aromatic carbocycles. The van der Waals surface area contributed by atoms with Crippen LogP contribution in [0.15, 0.2) is 12.2 Å². The fourth-order valence-corrected chi connectivity index (χ4v) is 1.63. The molecule has 0 aromatic rings. The molecule has 0 aromatic heterocycles. The fraction of sp³-hybridized carbons (Fsp3) is 0.786. The Balaban J connectivity index is 0. The van der Waals surface area contributed by atoms with Crippen molar-refractivity contribution in [3.63, 3.8) is 0 Å². The number of aliphatic carboxylic acids is 1. The third-order valence-corrected chi connectivity index (χ3v) is 2.65. The molecule has 1 N–H and O–H groups in total. The third-order valence-electron chi connectivity index (χ3n) is 2.65. The number of hydrogen-bond donors (Lipinski definition) is 1. The SMILES string of the molecule is CCCCC=CCCCCCCCC(=O)O.[CaH2]. The number of unbranched alkanes of at least 4 members (excludes halogenated alkanes) is 7. The average molecular weight is 268 g/mol. The second-order valence-corrected chi connectivity index (χ2v) is 4.31. The number of carbonyl (C=O) groups is 1. The summed E-state index contributed by atoms with van der Waals surface area (Å²) in [4.78, 5) is 10.3. The Labute approximate surface area is 136 Å². The second kappa shape index (κ2) is 16.5. The van der Waals surface area contributed by atoms with Gasteiger partial charge in [-0.1, -0.05) is 51.2 Å². The molecule has 0 bridgehead atoms. The maximum absolute atomic E-state index is 10.3. The molecule has 0 spiro atoms. The van der Waals surface area contributed by atoms with Gasteiger partial charge < -0.3 is 5.11 Å². The molecule has 0 saturated carbocycles. The van der Waals surface area contributed by atoms with Crippen LogP contribution in [0.1, 0.15) is 71.1 Å². The van der Waals surface area contributed by atoms with E-state index in [1.165, 1.54) is 44.9 Å². The van der Waals surface area contributed by atoms with E-state index < -0.39 is 5.97 Å². The van der Waals surface area contributed by atoms with Gasteiger partial charge in [0, 0.05) is 6.42 Å². The molecule has 0 aliphatic carbocycles. The van der Waals surface area contributed by atoms with Gasteiger partial charge in [0.2, 0.25) is 0 Å². The molecule has 3 heteroatoms. The van der Waals surface area contributed by atoms with E-state index in [2.05, 4.69) is 19.1 Å². The molecule has 0 aliphatic heterocycles. The number of rotatable bonds is 11. The fourth-order valence-electron chi connectivity index (χ4n) is 1.63. The second-order valence-electron chi connectivity index (χ2n) is 4.31. The van der Waals surface area contributed by atoms with Gasteiger partial charge in [-0.25, -0.2) is 0 Å². The van der Waals surface area contributed by atoms with Gasteiger partial charge in [-0.15, -0.1) is 0 Å². The van der Waals surface area contributed by atoms with E-state index in [1.54, 1.807) is 0 Å². The number of carboxylic acids is 1. The van der Waals surface area contributed by atoms with Crippen molar-refractivity contribution in [2.75, 3.05) is 0 Å². The standard InChI is InChI=1S/C14H26O2.Ca.2H/c1-2-3-4-5-6-7-8-9-10-11-12-13-14(15)16;;;/h5-6H,2-4,7-13H2,1H3,(H,15,16);;;. The molecule has 0 rings (SSSR count). The molecule has 0 unspecified atom stereocenters. The van der Waals surface area contributed by atoms with E-state index >= 15 is 0 Å². The first kappa shape index (κ1) is 19.8. The molecule has 0 atom stereocenters. The summed E-state index contributed by atoms with van der Waals surface area (Å²) in [6.07, 6.45) is 15.4. The first-order valence-electron chi connectivity index (χ1n) is 6.64. The zero-order chi connectivity index (χ0) is 12.1. The molecule has 17 heavy (non-hydrogen) atoms. The van der Waals surface area contributed by atoms with Crippen LogP contribution in [0, 0.1) is 0 Å². The molecule has 0 heterocycles. The van der Waals surface area contributed by atoms with E-state index in [0.29, 0.717) is 6.42 Å². The first-order valence-corrected chi connectivity index (χ1v) is 6.64. The topological polar surface area (TPSA) is 37.3 Å². The van der Waals surface area contributed by atoms with Gasteiger partial charge in [-0.2, -0.15) is 0 Å². The molecular formula is C14H28CaO2. The van der Waals surface area contributed by atoms with Gasteiger partial charge >= 0.3 is 43.7 Å². The molecule has 0 saturated heterocycles. The van der Waals surface area contributed by atoms with Crippen LogP contribution in [-0.2, 0) is 4.79 Å². The quantitative estimate of drug-likeness (QED) is 0.353. The average Bonchev–Trinajstić information content (AvgIpc) is 2.25. The van der Waals surface area contributed by atoms with Crippen molar-refractivity contribution < 1.29 is 9.90 Å². The van der Waals surface area contributed by atoms with Crippen LogP contribution in [0.25, 0.3) is 0 Å². The Morgan fingerprint density at radius 2 is 1.47 bits per heavy atom. The zero-order valence-electron chi connectivity index (χ0n) is 10.6. The van der Waals surface area contributed by atoms with Gasteiger partial charge in [-0.05, 0) is 25.7 Å². The van der Waals surface area contributed by atoms with Gasteiger partial charge in [-0.3, -0.25) is 4.79 Å². The Bertz CT molecular complexity index is 191. The Hall–Kier alpha value is 0.470. The minimum absolute atomic E-state index is 0. The molecular weight excluding hydrogens is 240 g/mol. The van der Waals surface area contributed by atoms with Crippen molar-refractivity contribution in [3.8, 4) is 0 Å². The predicted molar refractivity (Wildman–Crippen MR) is 77.2 cm³/mol. The van der Waals surface area contributed by atoms with Crippen molar-refractivity contribution in [2.24, 2.45) is 0 Å². The van der Waals surface area contributed by atoms with E-state index in [9.17, 15) is 4.79 Å². The van der Waals surface area contributed by atoms with Crippen LogP contribution in [0.3, 0.4) is 0 Å². The van der Waals surface area contributed by atoms with Gasteiger partial charge in [0.1, 0.15) is 0 Å². The van der Waals surface area contributed by atoms with Gasteiger partial charge in [0.25, 0.3) is 0 Å². The molecule has 0 amide bonds. The summed E-state index contributed by atoms with van der Waals surface area (Å²) in [5, 5.41) is 8.45. The van der Waals surface area contributed by atoms with Crippen molar-refractivity contribution in [1.82, 2.24) is 0 Å². The summed E-state index contributed by atoms with van der Waals surface area (Å²) in [5.41, 5.74) is 0. The van der Waals surface area contributed by atoms with Crippen molar-refractivity contribution >= 4 is 43.7 Å². The Morgan fingerprint density at radius 3 is 2.06 bits per heavy atom. The Morgan fingerprint density at radius 1 is 0.941 bits per heavy atom. The summed E-state index contributed by atoms with van der Waals surface area (Å²) in [6.45, 7) is 2.21. The van der Waals surface area contributed by atoms with Crippen LogP contribution in [0.4, 0.5) is 0 Å². The van der Waals surface area contributed by atoms with Gasteiger partial charge in [0.05, 0.1) is 0 Å². The molecule has 0 fully saturated rings. The molecule has 0 radical (unpaired) electrons. The summed E-state index contributed by atoms with van der Waals surface area (Å²) >= 11 is 0. The predicted octanol–water partition coefficient (Wildman–Crippen LogP) is 3.63. The van der Waals surface area contributed by atoms with Crippen LogP contribution in [0.2, 0.25) is 0 Å². The number of hydrogen-bond acceptors (Lipinski definition) is 1. The maximum atomic E-state index is 10.3. The zero-order valence-corrected chi connectivity index (χ0v) is 10.6. The summed E-state index contributed by atoms with van der Waals surface area (Å²) in [6, 6.07) is 0. The van der Waals surface area contributed by atoms with Crippen molar-refractivity contribution in [1.29, 1.82) is 0 Å². The van der Waals surface area contributed by atoms with Crippen LogP contribution >= 0.6 is 0 Å². The number of allylic oxidation sites excluding steroid dienone is 2. The minimum atomic E-state index is -0.668. The molecule has 2 nitrogen and oxygen atoms in total. The van der Waals surface area contributed by atoms with E-state index in [1.807, 2.05) is 0 Å². The molecule has 0 aliphatic rings. The van der Waals surface area contributed by atoms with E-state index in [-0.39, 0.29) is 37.7 Å². The van der Waals surface area contributed by atoms with Crippen molar-refractivity contribution in [3.05, 3.63) is 12.2 Å². The summed E-state index contributed by atoms with van der Waals surface area (Å²) in [5.74, 6) is -0.668. The summed E-state index contributed by atoms with van der Waals surface area (Å²) in [7, 11) is 0. The first-order chi connectivity index (χ1) is 7.77. The van der Waals surface area contributed by atoms with Gasteiger partial charge in [0.15, 0.2) is 0 Å². The van der Waals surface area contributed by atoms with Crippen LogP contribution in [-0.4, -0.2) is 48.8 Å². The summed E-state index contributed by atoms with van der Waals surface area (Å²) < 4.78 is 0. The Kier molecular flexibility index (Phi) is 19.2. The monoisotopic (exact) mass is 268 g/mol. The van der Waals surface area contributed by atoms with Crippen LogP contribution < -0.4 is 0 Å². The van der Waals surface area contributed by atoms with Crippen LogP contribution in [0.5, 0.6) is 0 Å². The van der Waals surface area contributed by atoms with E-state index in [4.69, 9.17) is 5.11 Å². The molecule has 98 valence electrons. The third kappa shape index (κ3) is 19.0. The normalized spacial score (nSPS) is 10.4.